The van der Waals surface area contributed by atoms with Crippen molar-refractivity contribution in [2.24, 2.45) is 0 Å². The van der Waals surface area contributed by atoms with Crippen molar-refractivity contribution in [3.8, 4) is 11.5 Å². The summed E-state index contributed by atoms with van der Waals surface area (Å²) in [5.41, 5.74) is 15.3. The first-order chi connectivity index (χ1) is 25.9. The second-order valence-electron chi connectivity index (χ2n) is 12.6. The van der Waals surface area contributed by atoms with Gasteiger partial charge in [0.25, 0.3) is 11.1 Å². The van der Waals surface area contributed by atoms with E-state index in [0.717, 1.165) is 0 Å². The van der Waals surface area contributed by atoms with Gasteiger partial charge in [0.05, 0.1) is 22.1 Å². The summed E-state index contributed by atoms with van der Waals surface area (Å²) in [6.07, 6.45) is 0. The predicted octanol–water partition coefficient (Wildman–Crippen LogP) is 6.17. The van der Waals surface area contributed by atoms with Crippen molar-refractivity contribution in [2.45, 2.75) is 0 Å². The third-order valence-corrected chi connectivity index (χ3v) is 9.76. The fraction of sp³-hybridized carbons (Fsp3) is 0. The van der Waals surface area contributed by atoms with Gasteiger partial charge in [-0.2, -0.15) is 0 Å². The summed E-state index contributed by atoms with van der Waals surface area (Å²) >= 11 is 0. The van der Waals surface area contributed by atoms with Crippen molar-refractivity contribution < 1.29 is 14.6 Å². The van der Waals surface area contributed by atoms with E-state index < -0.39 is 0 Å². The number of hydrogen-bond acceptors (Lipinski definition) is 13. The summed E-state index contributed by atoms with van der Waals surface area (Å²) in [7, 11) is 0. The van der Waals surface area contributed by atoms with Gasteiger partial charge in [-0.05, 0) is 48.5 Å². The molecule has 0 spiro atoms. The number of hydrogen-bond donors (Lipinski definition) is 6. The first-order valence-corrected chi connectivity index (χ1v) is 16.4. The predicted molar refractivity (Wildman–Crippen MR) is 202 cm³/mol. The molecule has 0 saturated heterocycles. The van der Waals surface area contributed by atoms with Gasteiger partial charge >= 0.3 is 12.0 Å². The van der Waals surface area contributed by atoms with Gasteiger partial charge in [0.2, 0.25) is 0 Å². The number of aromatic nitrogens is 6. The molecule has 0 bridgehead atoms. The Morgan fingerprint density at radius 3 is 1.42 bits per heavy atom. The van der Waals surface area contributed by atoms with Gasteiger partial charge < -0.3 is 14.6 Å². The molecule has 15 heteroatoms. The summed E-state index contributed by atoms with van der Waals surface area (Å²) in [5, 5.41) is 35.1. The number of pyridine rings is 2. The average Bonchev–Trinajstić information content (AvgIpc) is 3.91. The molecule has 6 N–H and O–H groups in total. The standard InChI is InChI=1S/C38H22N10O5/c49-27-15-21-29-17(7-5-9-19(29)35(51)47-25-13-3-1-11-23(25)39-33(21)47)31(27)41-43-37-45-46-38(53-37)44-42-32-18-8-6-10-20-30(18)22(16-28(32)50)34-40-24-12-2-4-14-26(24)48(34)36(20)52/h1-16,41-42,49-50H,(H,43,45)(H,44,46). The summed E-state index contributed by atoms with van der Waals surface area (Å²) in [5.74, 6) is -0.200. The van der Waals surface area contributed by atoms with E-state index in [4.69, 9.17) is 14.4 Å². The van der Waals surface area contributed by atoms with Crippen LogP contribution in [0.15, 0.2) is 111 Å². The Bertz CT molecular complexity index is 3220. The number of phenols is 2. The summed E-state index contributed by atoms with van der Waals surface area (Å²) < 4.78 is 8.86. The van der Waals surface area contributed by atoms with Gasteiger partial charge in [0.1, 0.15) is 34.2 Å². The van der Waals surface area contributed by atoms with Crippen LogP contribution in [0.5, 0.6) is 11.5 Å². The molecule has 5 aromatic heterocycles. The van der Waals surface area contributed by atoms with Crippen molar-refractivity contribution in [2.75, 3.05) is 21.7 Å². The quantitative estimate of drug-likeness (QED) is 0.0853. The molecule has 0 saturated carbocycles. The van der Waals surface area contributed by atoms with Crippen LogP contribution in [0.2, 0.25) is 0 Å². The van der Waals surface area contributed by atoms with Crippen LogP contribution in [-0.4, -0.2) is 39.2 Å². The highest BCUT2D eigenvalue weighted by Crippen LogP contribution is 2.41. The lowest BCUT2D eigenvalue weighted by Gasteiger charge is -2.15. The maximum atomic E-state index is 13.7. The minimum absolute atomic E-state index is 0.0577. The molecule has 15 nitrogen and oxygen atoms in total. The normalized spacial score (nSPS) is 12.1. The molecule has 53 heavy (non-hydrogen) atoms. The molecule has 0 radical (unpaired) electrons. The van der Waals surface area contributed by atoms with Gasteiger partial charge in [-0.15, -0.1) is 0 Å². The van der Waals surface area contributed by atoms with E-state index in [1.54, 1.807) is 57.3 Å². The zero-order valence-electron chi connectivity index (χ0n) is 27.0. The largest absolute Gasteiger partial charge is 0.506 e. The lowest BCUT2D eigenvalue weighted by molar-refractivity contribution is 0.478. The number of nitrogens with one attached hydrogen (secondary N) is 4. The highest BCUT2D eigenvalue weighted by atomic mass is 16.4. The van der Waals surface area contributed by atoms with E-state index in [9.17, 15) is 19.8 Å². The van der Waals surface area contributed by atoms with Crippen molar-refractivity contribution in [1.82, 2.24) is 29.0 Å². The van der Waals surface area contributed by atoms with Crippen molar-refractivity contribution >= 4 is 99.9 Å². The Morgan fingerprint density at radius 2 is 0.943 bits per heavy atom. The van der Waals surface area contributed by atoms with Crippen LogP contribution in [0, 0.1) is 0 Å². The Labute approximate surface area is 294 Å². The highest BCUT2D eigenvalue weighted by molar-refractivity contribution is 6.21. The maximum absolute atomic E-state index is 13.7. The number of aromatic hydroxyl groups is 2. The van der Waals surface area contributed by atoms with Gasteiger partial charge in [-0.25, -0.2) is 9.97 Å². The van der Waals surface area contributed by atoms with Crippen LogP contribution in [-0.2, 0) is 0 Å². The molecule has 0 aliphatic heterocycles. The Hall–Kier alpha value is -7.94. The van der Waals surface area contributed by atoms with Crippen molar-refractivity contribution in [1.29, 1.82) is 0 Å². The molecular formula is C38H22N10O5. The van der Waals surface area contributed by atoms with Crippen LogP contribution in [0.1, 0.15) is 0 Å². The maximum Gasteiger partial charge on any atom is 0.336 e. The molecule has 6 aromatic carbocycles. The lowest BCUT2D eigenvalue weighted by Crippen LogP contribution is -2.14. The number of rotatable bonds is 6. The van der Waals surface area contributed by atoms with Crippen molar-refractivity contribution in [3.05, 3.63) is 118 Å². The number of benzene rings is 6. The number of phenolic OH excluding ortho intramolecular Hbond substituents is 2. The topological polar surface area (TPSA) is 196 Å². The summed E-state index contributed by atoms with van der Waals surface area (Å²) in [4.78, 5) is 36.8. The number of nitrogens with zero attached hydrogens (tertiary/aromatic N) is 6. The molecule has 0 aliphatic rings. The van der Waals surface area contributed by atoms with Crippen LogP contribution >= 0.6 is 0 Å². The Kier molecular flexibility index (Phi) is 5.61. The molecule has 254 valence electrons. The van der Waals surface area contributed by atoms with Gasteiger partial charge in [0.15, 0.2) is 0 Å². The molecule has 5 heterocycles. The smallest absolute Gasteiger partial charge is 0.336 e. The monoisotopic (exact) mass is 698 g/mol. The third kappa shape index (κ3) is 3.92. The molecule has 11 aromatic rings. The number of hydrazine groups is 2. The number of para-hydroxylation sites is 4. The van der Waals surface area contributed by atoms with E-state index in [-0.39, 0.29) is 46.0 Å². The van der Waals surface area contributed by atoms with E-state index >= 15 is 0 Å². The van der Waals surface area contributed by atoms with Gasteiger partial charge in [0, 0.05) is 43.1 Å². The lowest BCUT2D eigenvalue weighted by atomic mass is 10.0. The minimum Gasteiger partial charge on any atom is -0.506 e. The van der Waals surface area contributed by atoms with Crippen molar-refractivity contribution in [3.63, 3.8) is 0 Å². The first kappa shape index (κ1) is 28.9. The summed E-state index contributed by atoms with van der Waals surface area (Å²) in [6, 6.07) is 28.4. The summed E-state index contributed by atoms with van der Waals surface area (Å²) in [6.45, 7) is 0. The SMILES string of the molecule is O=c1c2cccc3c(NNc4nnc(NNc5c(O)cc6c7c5cccc7c(=O)n5c7ccccc7nc65)o4)c(O)cc(c32)c2nc3ccccc3n12. The zero-order valence-corrected chi connectivity index (χ0v) is 27.0. The molecule has 0 atom stereocenters. The Morgan fingerprint density at radius 1 is 0.509 bits per heavy atom. The van der Waals surface area contributed by atoms with Crippen LogP contribution < -0.4 is 32.8 Å². The molecule has 0 aliphatic carbocycles. The number of anilines is 4. The molecule has 11 rings (SSSR count). The Balaban J connectivity index is 0.910. The second kappa shape index (κ2) is 10.3. The molecule has 0 unspecified atom stereocenters. The van der Waals surface area contributed by atoms with Gasteiger partial charge in [-0.3, -0.25) is 40.1 Å². The van der Waals surface area contributed by atoms with E-state index in [2.05, 4.69) is 31.9 Å². The molecule has 0 amide bonds. The minimum atomic E-state index is -0.218. The average molecular weight is 699 g/mol. The molecule has 0 fully saturated rings. The van der Waals surface area contributed by atoms with E-state index in [1.807, 2.05) is 48.5 Å². The number of imidazole rings is 2. The third-order valence-electron chi connectivity index (χ3n) is 9.76. The second-order valence-corrected chi connectivity index (χ2v) is 12.6. The van der Waals surface area contributed by atoms with Crippen LogP contribution in [0.3, 0.4) is 0 Å². The highest BCUT2D eigenvalue weighted by Gasteiger charge is 2.22. The van der Waals surface area contributed by atoms with Gasteiger partial charge in [-0.1, -0.05) is 58.7 Å². The van der Waals surface area contributed by atoms with Crippen LogP contribution in [0.4, 0.5) is 23.4 Å². The van der Waals surface area contributed by atoms with E-state index in [0.29, 0.717) is 76.5 Å². The zero-order chi connectivity index (χ0) is 35.5. The van der Waals surface area contributed by atoms with E-state index in [1.165, 1.54) is 0 Å². The fourth-order valence-corrected chi connectivity index (χ4v) is 7.53. The molecular weight excluding hydrogens is 676 g/mol. The van der Waals surface area contributed by atoms with Crippen LogP contribution in [0.25, 0.3) is 76.5 Å². The first-order valence-electron chi connectivity index (χ1n) is 16.4. The number of fused-ring (bicyclic) bond motifs is 8. The fourth-order valence-electron chi connectivity index (χ4n) is 7.53.